The van der Waals surface area contributed by atoms with Crippen molar-refractivity contribution in [3.05, 3.63) is 66.7 Å². The van der Waals surface area contributed by atoms with E-state index in [1.54, 1.807) is 0 Å². The number of fused-ring (bicyclic) bond motifs is 2. The van der Waals surface area contributed by atoms with Crippen molar-refractivity contribution in [2.24, 2.45) is 5.10 Å². The van der Waals surface area contributed by atoms with Crippen LogP contribution in [0.5, 0.6) is 0 Å². The van der Waals surface area contributed by atoms with Crippen molar-refractivity contribution in [3.63, 3.8) is 0 Å². The van der Waals surface area contributed by atoms with Crippen molar-refractivity contribution in [1.82, 2.24) is 0 Å². The second kappa shape index (κ2) is 7.36. The average Bonchev–Trinajstić information content (AvgIpc) is 3.24. The summed E-state index contributed by atoms with van der Waals surface area (Å²) in [5, 5.41) is 27.1. The maximum absolute atomic E-state index is 12.7. The fourth-order valence-corrected chi connectivity index (χ4v) is 5.60. The van der Waals surface area contributed by atoms with Crippen LogP contribution >= 0.6 is 0 Å². The van der Waals surface area contributed by atoms with E-state index < -0.39 is 15.5 Å². The molecule has 2 aromatic rings. The van der Waals surface area contributed by atoms with Gasteiger partial charge in [0.25, 0.3) is 5.69 Å². The normalized spacial score (nSPS) is 24.1. The average molecular weight is 449 g/mol. The Morgan fingerprint density at radius 2 is 1.76 bits per heavy atom. The van der Waals surface area contributed by atoms with Crippen molar-refractivity contribution in [1.29, 1.82) is 0 Å². The third-order valence-corrected chi connectivity index (χ3v) is 6.90. The van der Waals surface area contributed by atoms with Crippen LogP contribution in [-0.4, -0.2) is 33.4 Å². The lowest BCUT2D eigenvalue weighted by Crippen LogP contribution is -2.43. The minimum Gasteiger partial charge on any atom is -0.365 e. The summed E-state index contributed by atoms with van der Waals surface area (Å²) in [6.07, 6.45) is 1.93. The maximum Gasteiger partial charge on any atom is 0.301 e. The molecule has 0 spiro atoms. The lowest BCUT2D eigenvalue weighted by atomic mass is 9.85. The van der Waals surface area contributed by atoms with Crippen LogP contribution in [-0.2, 0) is 6.42 Å². The smallest absolute Gasteiger partial charge is 0.301 e. The Kier molecular flexibility index (Phi) is 4.70. The highest BCUT2D eigenvalue weighted by molar-refractivity contribution is 6.14. The van der Waals surface area contributed by atoms with E-state index in [-0.39, 0.29) is 29.1 Å². The molecule has 5 rings (SSSR count). The molecule has 0 bridgehead atoms. The number of rotatable bonds is 4. The Labute approximate surface area is 189 Å². The molecule has 0 radical (unpaired) electrons. The second-order valence-electron chi connectivity index (χ2n) is 9.15. The summed E-state index contributed by atoms with van der Waals surface area (Å²) in [7, 11) is 0. The number of benzene rings is 2. The number of ketones is 1. The standard InChI is InChI=1S/C23H23N5O5/c1-11-6-20(29)16-9-14-7-12(2)26-13(3)8-18(22(21(11)16)23(14)26)25-24-17-5-4-15(27(30)31)10-19(17)28(32)33/h4-5,9-13,24H,6-8H2,1-3H3/b25-18+. The number of carbonyl (C=O) groups is 1. The second-order valence-corrected chi connectivity index (χ2v) is 9.15. The molecule has 2 aliphatic heterocycles. The van der Waals surface area contributed by atoms with E-state index in [0.29, 0.717) is 18.9 Å². The van der Waals surface area contributed by atoms with Gasteiger partial charge >= 0.3 is 5.69 Å². The maximum atomic E-state index is 12.7. The summed E-state index contributed by atoms with van der Waals surface area (Å²) in [5.74, 6) is 0.206. The molecule has 2 heterocycles. The van der Waals surface area contributed by atoms with Gasteiger partial charge in [-0.2, -0.15) is 5.10 Å². The van der Waals surface area contributed by atoms with Crippen molar-refractivity contribution >= 4 is 34.2 Å². The third-order valence-electron chi connectivity index (χ3n) is 6.90. The fourth-order valence-electron chi connectivity index (χ4n) is 5.60. The number of Topliss-reactive ketones (excluding diaryl/α,β-unsaturated/α-hetero) is 1. The minimum absolute atomic E-state index is 0.0675. The molecule has 10 heteroatoms. The van der Waals surface area contributed by atoms with E-state index in [0.717, 1.165) is 46.1 Å². The van der Waals surface area contributed by atoms with Gasteiger partial charge in [0, 0.05) is 42.1 Å². The first kappa shape index (κ1) is 21.0. The lowest BCUT2D eigenvalue weighted by Gasteiger charge is -2.38. The monoisotopic (exact) mass is 449 g/mol. The van der Waals surface area contributed by atoms with Gasteiger partial charge < -0.3 is 4.90 Å². The summed E-state index contributed by atoms with van der Waals surface area (Å²) in [5.41, 5.74) is 7.81. The zero-order valence-electron chi connectivity index (χ0n) is 18.5. The van der Waals surface area contributed by atoms with Gasteiger partial charge in [0.2, 0.25) is 0 Å². The Balaban J connectivity index is 1.64. The van der Waals surface area contributed by atoms with Crippen LogP contribution in [0.3, 0.4) is 0 Å². The third kappa shape index (κ3) is 3.16. The predicted molar refractivity (Wildman–Crippen MR) is 123 cm³/mol. The van der Waals surface area contributed by atoms with Gasteiger partial charge in [-0.05, 0) is 49.4 Å². The van der Waals surface area contributed by atoms with Crippen molar-refractivity contribution in [2.75, 3.05) is 10.3 Å². The predicted octanol–water partition coefficient (Wildman–Crippen LogP) is 4.55. The zero-order valence-corrected chi connectivity index (χ0v) is 18.5. The molecule has 170 valence electrons. The van der Waals surface area contributed by atoms with Crippen LogP contribution in [0.2, 0.25) is 0 Å². The van der Waals surface area contributed by atoms with E-state index in [2.05, 4.69) is 29.3 Å². The van der Waals surface area contributed by atoms with Crippen LogP contribution in [0.1, 0.15) is 66.6 Å². The van der Waals surface area contributed by atoms with E-state index >= 15 is 0 Å². The first-order valence-electron chi connectivity index (χ1n) is 10.9. The van der Waals surface area contributed by atoms with Crippen LogP contribution in [0.25, 0.3) is 0 Å². The Hall–Kier alpha value is -3.82. The van der Waals surface area contributed by atoms with E-state index in [1.807, 2.05) is 13.0 Å². The highest BCUT2D eigenvalue weighted by atomic mass is 16.6. The van der Waals surface area contributed by atoms with E-state index in [9.17, 15) is 25.0 Å². The number of carbonyl (C=O) groups excluding carboxylic acids is 1. The number of nitro groups is 2. The number of nitro benzene ring substituents is 2. The summed E-state index contributed by atoms with van der Waals surface area (Å²) in [6.45, 7) is 6.34. The number of non-ortho nitro benzene ring substituents is 1. The van der Waals surface area contributed by atoms with E-state index in [1.165, 1.54) is 12.1 Å². The topological polar surface area (TPSA) is 131 Å². The quantitative estimate of drug-likeness (QED) is 0.535. The molecule has 3 atom stereocenters. The lowest BCUT2D eigenvalue weighted by molar-refractivity contribution is -0.393. The molecule has 0 fully saturated rings. The van der Waals surface area contributed by atoms with Crippen LogP contribution in [0.4, 0.5) is 22.7 Å². The van der Waals surface area contributed by atoms with Crippen molar-refractivity contribution in [2.45, 2.75) is 58.0 Å². The van der Waals surface area contributed by atoms with Crippen molar-refractivity contribution in [3.8, 4) is 0 Å². The molecule has 3 unspecified atom stereocenters. The first-order valence-corrected chi connectivity index (χ1v) is 10.9. The molecule has 3 aliphatic rings. The minimum atomic E-state index is -0.670. The Morgan fingerprint density at radius 1 is 1.03 bits per heavy atom. The number of hydrazone groups is 1. The number of hydrogen-bond acceptors (Lipinski definition) is 8. The zero-order chi connectivity index (χ0) is 23.6. The highest BCUT2D eigenvalue weighted by Gasteiger charge is 2.43. The van der Waals surface area contributed by atoms with Gasteiger partial charge in [-0.1, -0.05) is 6.92 Å². The van der Waals surface area contributed by atoms with Crippen LogP contribution in [0.15, 0.2) is 29.4 Å². The number of nitrogens with zero attached hydrogens (tertiary/aromatic N) is 4. The number of nitrogens with one attached hydrogen (secondary N) is 1. The first-order chi connectivity index (χ1) is 15.7. The molecular weight excluding hydrogens is 426 g/mol. The highest BCUT2D eigenvalue weighted by Crippen LogP contribution is 2.49. The van der Waals surface area contributed by atoms with Crippen LogP contribution < -0.4 is 10.3 Å². The molecule has 1 aliphatic carbocycles. The molecule has 10 nitrogen and oxygen atoms in total. The van der Waals surface area contributed by atoms with Crippen LogP contribution in [0, 0.1) is 20.2 Å². The van der Waals surface area contributed by atoms with E-state index in [4.69, 9.17) is 0 Å². The van der Waals surface area contributed by atoms with Gasteiger partial charge in [-0.3, -0.25) is 30.4 Å². The molecular formula is C23H23N5O5. The number of hydrogen-bond donors (Lipinski definition) is 1. The van der Waals surface area contributed by atoms with Gasteiger partial charge in [-0.25, -0.2) is 0 Å². The summed E-state index contributed by atoms with van der Waals surface area (Å²) < 4.78 is 0. The molecule has 0 aromatic heterocycles. The fraction of sp³-hybridized carbons (Fsp3) is 0.391. The molecule has 1 N–H and O–H groups in total. The summed E-state index contributed by atoms with van der Waals surface area (Å²) in [6, 6.07) is 5.96. The summed E-state index contributed by atoms with van der Waals surface area (Å²) in [4.78, 5) is 36.3. The molecule has 0 amide bonds. The molecule has 0 saturated heterocycles. The Morgan fingerprint density at radius 3 is 2.45 bits per heavy atom. The van der Waals surface area contributed by atoms with Crippen molar-refractivity contribution < 1.29 is 14.6 Å². The van der Waals surface area contributed by atoms with Gasteiger partial charge in [-0.15, -0.1) is 0 Å². The Bertz CT molecular complexity index is 1270. The SMILES string of the molecule is CC1CC(=O)c2cc3c4c(c21)/C(=N/Nc1ccc([N+](=O)[O-])cc1[N+](=O)[O-])CC(C)N4C(C)C3. The van der Waals surface area contributed by atoms with Gasteiger partial charge in [0.05, 0.1) is 27.3 Å². The number of anilines is 2. The van der Waals surface area contributed by atoms with Gasteiger partial charge in [0.15, 0.2) is 5.78 Å². The van der Waals surface area contributed by atoms with Gasteiger partial charge in [0.1, 0.15) is 5.69 Å². The molecule has 33 heavy (non-hydrogen) atoms. The summed E-state index contributed by atoms with van der Waals surface area (Å²) >= 11 is 0. The molecule has 0 saturated carbocycles. The largest absolute Gasteiger partial charge is 0.365 e. The molecule has 2 aromatic carbocycles.